The molecule has 134 valence electrons. The van der Waals surface area contributed by atoms with Crippen LogP contribution in [0.4, 0.5) is 15.8 Å². The van der Waals surface area contributed by atoms with E-state index in [1.54, 1.807) is 13.1 Å². The minimum Gasteiger partial charge on any atom is -0.387 e. The molecule has 1 aliphatic rings. The van der Waals surface area contributed by atoms with Gasteiger partial charge in [0.05, 0.1) is 15.5 Å². The van der Waals surface area contributed by atoms with E-state index in [1.165, 1.54) is 18.2 Å². The summed E-state index contributed by atoms with van der Waals surface area (Å²) in [6.07, 6.45) is 0. The molecule has 2 aromatic carbocycles. The second-order valence-corrected chi connectivity index (χ2v) is 8.10. The molecule has 3 rings (SSSR count). The van der Waals surface area contributed by atoms with Crippen LogP contribution in [0.1, 0.15) is 0 Å². The maximum atomic E-state index is 13.4. The monoisotopic (exact) mass is 363 g/mol. The lowest BCUT2D eigenvalue weighted by molar-refractivity contribution is 0.313. The Kier molecular flexibility index (Phi) is 4.96. The summed E-state index contributed by atoms with van der Waals surface area (Å²) in [5, 5.41) is 2.96. The highest BCUT2D eigenvalue weighted by atomic mass is 32.2. The largest absolute Gasteiger partial charge is 0.387 e. The molecule has 0 amide bonds. The zero-order valence-electron chi connectivity index (χ0n) is 14.4. The molecule has 0 spiro atoms. The average molecular weight is 363 g/mol. The predicted molar refractivity (Wildman–Crippen MR) is 97.6 cm³/mol. The van der Waals surface area contributed by atoms with Crippen LogP contribution in [0.3, 0.4) is 0 Å². The molecule has 7 heteroatoms. The molecule has 5 nitrogen and oxygen atoms in total. The van der Waals surface area contributed by atoms with Crippen molar-refractivity contribution in [2.75, 3.05) is 50.5 Å². The van der Waals surface area contributed by atoms with Gasteiger partial charge in [0.1, 0.15) is 5.82 Å². The van der Waals surface area contributed by atoms with Gasteiger partial charge in [-0.05, 0) is 43.4 Å². The number of nitrogens with zero attached hydrogens (tertiary/aromatic N) is 2. The van der Waals surface area contributed by atoms with Gasteiger partial charge in [0.15, 0.2) is 0 Å². The van der Waals surface area contributed by atoms with Crippen LogP contribution in [0, 0.1) is 5.82 Å². The van der Waals surface area contributed by atoms with Gasteiger partial charge < -0.3 is 15.1 Å². The van der Waals surface area contributed by atoms with Crippen LogP contribution in [-0.2, 0) is 9.84 Å². The zero-order valence-corrected chi connectivity index (χ0v) is 15.2. The summed E-state index contributed by atoms with van der Waals surface area (Å²) in [7, 11) is -0.0132. The Labute approximate surface area is 148 Å². The van der Waals surface area contributed by atoms with Gasteiger partial charge >= 0.3 is 0 Å². The number of nitrogens with one attached hydrogen (secondary N) is 1. The summed E-state index contributed by atoms with van der Waals surface area (Å²) in [4.78, 5) is 4.60. The van der Waals surface area contributed by atoms with Crippen molar-refractivity contribution in [2.45, 2.75) is 9.79 Å². The van der Waals surface area contributed by atoms with Crippen molar-refractivity contribution in [2.24, 2.45) is 0 Å². The summed E-state index contributed by atoms with van der Waals surface area (Å²) in [6, 6.07) is 10.3. The Morgan fingerprint density at radius 3 is 2.40 bits per heavy atom. The van der Waals surface area contributed by atoms with E-state index in [9.17, 15) is 12.8 Å². The number of sulfone groups is 1. The summed E-state index contributed by atoms with van der Waals surface area (Å²) in [5.41, 5.74) is 1.50. The Hall–Kier alpha value is -2.12. The number of hydrogen-bond acceptors (Lipinski definition) is 5. The molecule has 0 bridgehead atoms. The molecule has 0 unspecified atom stereocenters. The lowest BCUT2D eigenvalue weighted by atomic mass is 10.2. The molecule has 1 N–H and O–H groups in total. The van der Waals surface area contributed by atoms with Crippen LogP contribution in [0.2, 0.25) is 0 Å². The second kappa shape index (κ2) is 7.01. The van der Waals surface area contributed by atoms with E-state index in [-0.39, 0.29) is 9.79 Å². The van der Waals surface area contributed by atoms with E-state index in [0.29, 0.717) is 5.69 Å². The first-order chi connectivity index (χ1) is 11.9. The van der Waals surface area contributed by atoms with Gasteiger partial charge in [-0.15, -0.1) is 0 Å². The van der Waals surface area contributed by atoms with Crippen molar-refractivity contribution in [1.82, 2.24) is 4.90 Å². The van der Waals surface area contributed by atoms with Crippen LogP contribution >= 0.6 is 0 Å². The van der Waals surface area contributed by atoms with Gasteiger partial charge in [-0.2, -0.15) is 0 Å². The quantitative estimate of drug-likeness (QED) is 0.904. The molecule has 0 atom stereocenters. The van der Waals surface area contributed by atoms with E-state index >= 15 is 0 Å². The van der Waals surface area contributed by atoms with Crippen molar-refractivity contribution in [3.05, 3.63) is 48.3 Å². The third-order valence-corrected chi connectivity index (χ3v) is 6.31. The Bertz CT molecular complexity index is 862. The van der Waals surface area contributed by atoms with E-state index in [1.807, 2.05) is 12.1 Å². The number of hydrogen-bond donors (Lipinski definition) is 1. The fraction of sp³-hybridized carbons (Fsp3) is 0.333. The van der Waals surface area contributed by atoms with Crippen LogP contribution < -0.4 is 10.2 Å². The number of piperazine rings is 1. The maximum Gasteiger partial charge on any atom is 0.208 e. The van der Waals surface area contributed by atoms with Gasteiger partial charge in [0.2, 0.25) is 9.84 Å². The highest BCUT2D eigenvalue weighted by Gasteiger charge is 2.23. The fourth-order valence-electron chi connectivity index (χ4n) is 2.97. The van der Waals surface area contributed by atoms with Gasteiger partial charge in [-0.1, -0.05) is 6.07 Å². The van der Waals surface area contributed by atoms with Crippen molar-refractivity contribution >= 4 is 21.2 Å². The van der Waals surface area contributed by atoms with Crippen LogP contribution in [0.25, 0.3) is 0 Å². The molecule has 1 aliphatic heterocycles. The van der Waals surface area contributed by atoms with Gasteiger partial charge in [0, 0.05) is 38.9 Å². The first-order valence-electron chi connectivity index (χ1n) is 8.18. The number of benzene rings is 2. The van der Waals surface area contributed by atoms with Crippen LogP contribution in [-0.4, -0.2) is 53.6 Å². The summed E-state index contributed by atoms with van der Waals surface area (Å²) < 4.78 is 39.2. The minimum absolute atomic E-state index is 0.0450. The summed E-state index contributed by atoms with van der Waals surface area (Å²) in [5.74, 6) is -0.568. The lowest BCUT2D eigenvalue weighted by Gasteiger charge is -2.34. The molecule has 2 aromatic rings. The second-order valence-electron chi connectivity index (χ2n) is 6.18. The van der Waals surface area contributed by atoms with Crippen LogP contribution in [0.5, 0.6) is 0 Å². The molecule has 0 aliphatic carbocycles. The Morgan fingerprint density at radius 1 is 1.04 bits per heavy atom. The molecular weight excluding hydrogens is 341 g/mol. The number of halogens is 1. The first kappa shape index (κ1) is 17.7. The maximum absolute atomic E-state index is 13.4. The standard InChI is InChI=1S/C18H22FN3O2S/c1-20-17-13-15(22-10-8-21(2)9-11-22)6-7-18(17)25(23,24)16-5-3-4-14(19)12-16/h3-7,12-13,20H,8-11H2,1-2H3. The third-order valence-electron chi connectivity index (χ3n) is 4.50. The molecule has 1 heterocycles. The smallest absolute Gasteiger partial charge is 0.208 e. The van der Waals surface area contributed by atoms with E-state index in [2.05, 4.69) is 22.2 Å². The molecule has 0 saturated carbocycles. The molecule has 0 radical (unpaired) electrons. The normalized spacial score (nSPS) is 16.0. The fourth-order valence-corrected chi connectivity index (χ4v) is 4.45. The average Bonchev–Trinajstić information content (AvgIpc) is 2.61. The highest BCUT2D eigenvalue weighted by Crippen LogP contribution is 2.31. The highest BCUT2D eigenvalue weighted by molar-refractivity contribution is 7.91. The Morgan fingerprint density at radius 2 is 1.76 bits per heavy atom. The van der Waals surface area contributed by atoms with Crippen molar-refractivity contribution in [3.8, 4) is 0 Å². The predicted octanol–water partition coefficient (Wildman–Crippen LogP) is 2.45. The van der Waals surface area contributed by atoms with Crippen molar-refractivity contribution < 1.29 is 12.8 Å². The summed E-state index contributed by atoms with van der Waals surface area (Å²) in [6.45, 7) is 3.74. The van der Waals surface area contributed by atoms with Gasteiger partial charge in [0.25, 0.3) is 0 Å². The number of anilines is 2. The molecule has 1 saturated heterocycles. The summed E-state index contributed by atoms with van der Waals surface area (Å²) >= 11 is 0. The van der Waals surface area contributed by atoms with Gasteiger partial charge in [-0.3, -0.25) is 0 Å². The van der Waals surface area contributed by atoms with Crippen LogP contribution in [0.15, 0.2) is 52.3 Å². The lowest BCUT2D eigenvalue weighted by Crippen LogP contribution is -2.44. The topological polar surface area (TPSA) is 52.6 Å². The molecule has 1 fully saturated rings. The number of rotatable bonds is 4. The number of likely N-dealkylation sites (N-methyl/N-ethyl adjacent to an activating group) is 1. The molecule has 0 aromatic heterocycles. The van der Waals surface area contributed by atoms with E-state index < -0.39 is 15.7 Å². The first-order valence-corrected chi connectivity index (χ1v) is 9.66. The SMILES string of the molecule is CNc1cc(N2CCN(C)CC2)ccc1S(=O)(=O)c1cccc(F)c1. The molecular formula is C18H22FN3O2S. The minimum atomic E-state index is -3.79. The van der Waals surface area contributed by atoms with E-state index in [4.69, 9.17) is 0 Å². The van der Waals surface area contributed by atoms with Gasteiger partial charge in [-0.25, -0.2) is 12.8 Å². The zero-order chi connectivity index (χ0) is 18.0. The van der Waals surface area contributed by atoms with E-state index in [0.717, 1.165) is 37.9 Å². The Balaban J connectivity index is 1.97. The van der Waals surface area contributed by atoms with Crippen molar-refractivity contribution in [3.63, 3.8) is 0 Å². The molecule has 25 heavy (non-hydrogen) atoms. The van der Waals surface area contributed by atoms with Crippen molar-refractivity contribution in [1.29, 1.82) is 0 Å². The third kappa shape index (κ3) is 3.62.